The number of fused-ring (bicyclic) bond motifs is 1. The van der Waals surface area contributed by atoms with Gasteiger partial charge in [-0.2, -0.15) is 4.98 Å². The van der Waals surface area contributed by atoms with E-state index in [-0.39, 0.29) is 5.41 Å². The van der Waals surface area contributed by atoms with Gasteiger partial charge in [-0.05, 0) is 30.4 Å². The zero-order valence-corrected chi connectivity index (χ0v) is 11.3. The second-order valence-electron chi connectivity index (χ2n) is 5.63. The highest BCUT2D eigenvalue weighted by atomic mass is 15.1. The predicted molar refractivity (Wildman–Crippen MR) is 77.5 cm³/mol. The van der Waals surface area contributed by atoms with Gasteiger partial charge in [0.15, 0.2) is 0 Å². The molecule has 3 rings (SSSR count). The van der Waals surface area contributed by atoms with Crippen molar-refractivity contribution in [2.24, 2.45) is 0 Å². The van der Waals surface area contributed by atoms with E-state index in [2.05, 4.69) is 29.1 Å². The van der Waals surface area contributed by atoms with E-state index < -0.39 is 0 Å². The average Bonchev–Trinajstić information content (AvgIpc) is 2.67. The molecule has 0 unspecified atom stereocenters. The second-order valence-corrected chi connectivity index (χ2v) is 5.63. The Morgan fingerprint density at radius 2 is 1.89 bits per heavy atom. The average molecular weight is 254 g/mol. The first kappa shape index (κ1) is 12.0. The van der Waals surface area contributed by atoms with E-state index in [1.165, 1.54) is 0 Å². The van der Waals surface area contributed by atoms with Crippen molar-refractivity contribution in [2.75, 3.05) is 11.1 Å². The number of nitrogen functional groups attached to an aromatic ring is 1. The summed E-state index contributed by atoms with van der Waals surface area (Å²) in [5.74, 6) is 1.19. The minimum atomic E-state index is 0.0880. The maximum atomic E-state index is 6.11. The Kier molecular flexibility index (Phi) is 2.66. The maximum Gasteiger partial charge on any atom is 0.229 e. The fourth-order valence-corrected chi connectivity index (χ4v) is 2.71. The van der Waals surface area contributed by atoms with Crippen LogP contribution in [0.5, 0.6) is 0 Å². The Morgan fingerprint density at radius 3 is 2.63 bits per heavy atom. The zero-order valence-electron chi connectivity index (χ0n) is 11.3. The molecule has 98 valence electrons. The van der Waals surface area contributed by atoms with Crippen LogP contribution in [-0.2, 0) is 11.8 Å². The van der Waals surface area contributed by atoms with Gasteiger partial charge in [-0.25, -0.2) is 4.98 Å². The van der Waals surface area contributed by atoms with Crippen molar-refractivity contribution in [2.45, 2.75) is 32.1 Å². The van der Waals surface area contributed by atoms with E-state index in [0.717, 1.165) is 29.8 Å². The molecule has 4 heteroatoms. The lowest BCUT2D eigenvalue weighted by molar-refractivity contribution is 0.523. The van der Waals surface area contributed by atoms with Crippen LogP contribution in [0.15, 0.2) is 30.3 Å². The summed E-state index contributed by atoms with van der Waals surface area (Å²) in [4.78, 5) is 8.99. The highest BCUT2D eigenvalue weighted by Gasteiger charge is 2.34. The number of para-hydroxylation sites is 1. The number of nitrogens with two attached hydrogens (primary N) is 1. The summed E-state index contributed by atoms with van der Waals surface area (Å²) in [5.41, 5.74) is 9.37. The number of nitrogens with zero attached hydrogens (tertiary/aromatic N) is 2. The van der Waals surface area contributed by atoms with Gasteiger partial charge in [0.2, 0.25) is 5.95 Å². The standard InChI is InChI=1S/C15H18N4/c1-15(2)9-8-11-12(15)13(16)19-14(18-11)17-10-6-4-3-5-7-10/h3-7H,8-9H2,1-2H3,(H3,16,17,18,19). The number of rotatable bonds is 2. The normalized spacial score (nSPS) is 16.1. The Labute approximate surface area is 113 Å². The van der Waals surface area contributed by atoms with Crippen LogP contribution in [0.3, 0.4) is 0 Å². The van der Waals surface area contributed by atoms with Gasteiger partial charge < -0.3 is 11.1 Å². The molecule has 0 saturated carbocycles. The highest BCUT2D eigenvalue weighted by molar-refractivity contribution is 5.58. The van der Waals surface area contributed by atoms with Crippen molar-refractivity contribution in [1.82, 2.24) is 9.97 Å². The highest BCUT2D eigenvalue weighted by Crippen LogP contribution is 2.40. The molecule has 1 heterocycles. The first-order chi connectivity index (χ1) is 9.06. The number of benzene rings is 1. The molecule has 0 saturated heterocycles. The molecule has 0 bridgehead atoms. The maximum absolute atomic E-state index is 6.11. The van der Waals surface area contributed by atoms with Gasteiger partial charge in [-0.1, -0.05) is 32.0 Å². The molecule has 0 fully saturated rings. The summed E-state index contributed by atoms with van der Waals surface area (Å²) < 4.78 is 0. The molecule has 0 aliphatic heterocycles. The smallest absolute Gasteiger partial charge is 0.229 e. The molecule has 3 N–H and O–H groups in total. The fourth-order valence-electron chi connectivity index (χ4n) is 2.71. The molecule has 0 spiro atoms. The van der Waals surface area contributed by atoms with Crippen LogP contribution in [0.1, 0.15) is 31.5 Å². The Hall–Kier alpha value is -2.10. The van der Waals surface area contributed by atoms with E-state index in [1.807, 2.05) is 30.3 Å². The Bertz CT molecular complexity index is 605. The molecule has 1 aliphatic carbocycles. The largest absolute Gasteiger partial charge is 0.383 e. The number of nitrogens with one attached hydrogen (secondary N) is 1. The lowest BCUT2D eigenvalue weighted by atomic mass is 9.87. The van der Waals surface area contributed by atoms with Gasteiger partial charge >= 0.3 is 0 Å². The molecule has 0 amide bonds. The van der Waals surface area contributed by atoms with Crippen LogP contribution >= 0.6 is 0 Å². The number of hydrogen-bond donors (Lipinski definition) is 2. The summed E-state index contributed by atoms with van der Waals surface area (Å²) >= 11 is 0. The zero-order chi connectivity index (χ0) is 13.5. The molecule has 0 atom stereocenters. The van der Waals surface area contributed by atoms with Gasteiger partial charge in [-0.3, -0.25) is 0 Å². The van der Waals surface area contributed by atoms with E-state index >= 15 is 0 Å². The van der Waals surface area contributed by atoms with Gasteiger partial charge in [0.1, 0.15) is 5.82 Å². The summed E-state index contributed by atoms with van der Waals surface area (Å²) in [5, 5.41) is 3.20. The van der Waals surface area contributed by atoms with Gasteiger partial charge in [0.05, 0.1) is 5.69 Å². The summed E-state index contributed by atoms with van der Waals surface area (Å²) in [6, 6.07) is 9.89. The van der Waals surface area contributed by atoms with E-state index in [0.29, 0.717) is 11.8 Å². The second kappa shape index (κ2) is 4.23. The van der Waals surface area contributed by atoms with Crippen molar-refractivity contribution < 1.29 is 0 Å². The molecule has 4 nitrogen and oxygen atoms in total. The lowest BCUT2D eigenvalue weighted by Crippen LogP contribution is -2.16. The van der Waals surface area contributed by atoms with E-state index in [1.54, 1.807) is 0 Å². The summed E-state index contributed by atoms with van der Waals surface area (Å²) in [6.45, 7) is 4.39. The Morgan fingerprint density at radius 1 is 1.16 bits per heavy atom. The lowest BCUT2D eigenvalue weighted by Gasteiger charge is -2.19. The Balaban J connectivity index is 1.96. The molecule has 1 aliphatic rings. The molecular weight excluding hydrogens is 236 g/mol. The molecule has 1 aromatic heterocycles. The topological polar surface area (TPSA) is 63.8 Å². The number of aryl methyl sites for hydroxylation is 1. The number of anilines is 3. The van der Waals surface area contributed by atoms with E-state index in [9.17, 15) is 0 Å². The molecule has 19 heavy (non-hydrogen) atoms. The summed E-state index contributed by atoms with van der Waals surface area (Å²) in [7, 11) is 0. The first-order valence-electron chi connectivity index (χ1n) is 6.55. The van der Waals surface area contributed by atoms with E-state index in [4.69, 9.17) is 5.73 Å². The fraction of sp³-hybridized carbons (Fsp3) is 0.333. The van der Waals surface area contributed by atoms with Gasteiger partial charge in [-0.15, -0.1) is 0 Å². The van der Waals surface area contributed by atoms with Crippen molar-refractivity contribution in [3.05, 3.63) is 41.6 Å². The number of hydrogen-bond acceptors (Lipinski definition) is 4. The van der Waals surface area contributed by atoms with Crippen molar-refractivity contribution in [1.29, 1.82) is 0 Å². The number of aromatic nitrogens is 2. The predicted octanol–water partition coefficient (Wildman–Crippen LogP) is 3.03. The third-order valence-electron chi connectivity index (χ3n) is 3.71. The van der Waals surface area contributed by atoms with Gasteiger partial charge in [0.25, 0.3) is 0 Å². The van der Waals surface area contributed by atoms with Crippen molar-refractivity contribution >= 4 is 17.5 Å². The quantitative estimate of drug-likeness (QED) is 0.864. The van der Waals surface area contributed by atoms with Crippen LogP contribution in [0.25, 0.3) is 0 Å². The monoisotopic (exact) mass is 254 g/mol. The van der Waals surface area contributed by atoms with Gasteiger partial charge in [0, 0.05) is 11.3 Å². The van der Waals surface area contributed by atoms with Crippen LogP contribution in [-0.4, -0.2) is 9.97 Å². The molecule has 1 aromatic carbocycles. The van der Waals surface area contributed by atoms with Crippen molar-refractivity contribution in [3.63, 3.8) is 0 Å². The van der Waals surface area contributed by atoms with Crippen LogP contribution in [0.2, 0.25) is 0 Å². The van der Waals surface area contributed by atoms with Crippen LogP contribution in [0.4, 0.5) is 17.5 Å². The third-order valence-corrected chi connectivity index (χ3v) is 3.71. The van der Waals surface area contributed by atoms with Crippen LogP contribution in [0, 0.1) is 0 Å². The molecule has 2 aromatic rings. The minimum absolute atomic E-state index is 0.0880. The summed E-state index contributed by atoms with van der Waals surface area (Å²) in [6.07, 6.45) is 2.05. The van der Waals surface area contributed by atoms with Crippen LogP contribution < -0.4 is 11.1 Å². The molecule has 0 radical (unpaired) electrons. The third kappa shape index (κ3) is 2.14. The van der Waals surface area contributed by atoms with Crippen molar-refractivity contribution in [3.8, 4) is 0 Å². The first-order valence-corrected chi connectivity index (χ1v) is 6.55. The molecular formula is C15H18N4. The SMILES string of the molecule is CC1(C)CCc2nc(Nc3ccccc3)nc(N)c21. The minimum Gasteiger partial charge on any atom is -0.383 e.